The molecule has 0 spiro atoms. The van der Waals surface area contributed by atoms with E-state index in [1.807, 2.05) is 31.2 Å². The van der Waals surface area contributed by atoms with Gasteiger partial charge in [0.05, 0.1) is 0 Å². The lowest BCUT2D eigenvalue weighted by Gasteiger charge is -2.16. The Morgan fingerprint density at radius 1 is 1.29 bits per heavy atom. The average Bonchev–Trinajstić information content (AvgIpc) is 2.87. The highest BCUT2D eigenvalue weighted by Gasteiger charge is 2.13. The number of rotatable bonds is 5. The van der Waals surface area contributed by atoms with Crippen LogP contribution in [0.4, 0.5) is 0 Å². The zero-order chi connectivity index (χ0) is 15.4. The van der Waals surface area contributed by atoms with Crippen molar-refractivity contribution in [2.24, 2.45) is 5.92 Å². The number of carbonyl (C=O) groups excluding carboxylic acids is 1. The van der Waals surface area contributed by atoms with E-state index in [9.17, 15) is 4.79 Å². The molecule has 6 nitrogen and oxygen atoms in total. The second-order valence-electron chi connectivity index (χ2n) is 5.25. The fourth-order valence-electron chi connectivity index (χ4n) is 1.62. The number of nitrogens with one attached hydrogen (secondary N) is 1. The predicted molar refractivity (Wildman–Crippen MR) is 83.4 cm³/mol. The van der Waals surface area contributed by atoms with E-state index >= 15 is 0 Å². The van der Waals surface area contributed by atoms with E-state index < -0.39 is 0 Å². The highest BCUT2D eigenvalue weighted by Crippen LogP contribution is 2.17. The molecule has 7 heteroatoms. The van der Waals surface area contributed by atoms with Crippen molar-refractivity contribution in [3.63, 3.8) is 0 Å². The Hall–Kier alpha value is -1.76. The van der Waals surface area contributed by atoms with Crippen molar-refractivity contribution in [2.75, 3.05) is 0 Å². The van der Waals surface area contributed by atoms with Crippen molar-refractivity contribution in [3.05, 3.63) is 28.7 Å². The van der Waals surface area contributed by atoms with Gasteiger partial charge < -0.3 is 5.32 Å². The molecule has 2 aromatic rings. The van der Waals surface area contributed by atoms with Crippen LogP contribution in [-0.4, -0.2) is 32.2 Å². The summed E-state index contributed by atoms with van der Waals surface area (Å²) in [4.78, 5) is 13.2. The summed E-state index contributed by atoms with van der Waals surface area (Å²) in [5.41, 5.74) is 0.861. The van der Waals surface area contributed by atoms with Crippen LogP contribution in [0.25, 0.3) is 11.4 Å². The number of halogens is 1. The van der Waals surface area contributed by atoms with Crippen LogP contribution in [0.15, 0.2) is 28.7 Å². The number of amides is 1. The zero-order valence-corrected chi connectivity index (χ0v) is 13.8. The second-order valence-corrected chi connectivity index (χ2v) is 6.17. The van der Waals surface area contributed by atoms with E-state index in [1.165, 1.54) is 4.80 Å². The number of hydrogen-bond acceptors (Lipinski definition) is 4. The van der Waals surface area contributed by atoms with Gasteiger partial charge in [-0.3, -0.25) is 4.79 Å². The van der Waals surface area contributed by atoms with Crippen molar-refractivity contribution >= 4 is 21.8 Å². The van der Waals surface area contributed by atoms with Gasteiger partial charge in [0.15, 0.2) is 0 Å². The molecule has 0 saturated heterocycles. The number of aromatic nitrogens is 4. The molecule has 1 aromatic carbocycles. The Morgan fingerprint density at radius 2 is 1.95 bits per heavy atom. The topological polar surface area (TPSA) is 72.7 Å². The van der Waals surface area contributed by atoms with Crippen LogP contribution in [0, 0.1) is 5.92 Å². The number of carbonyl (C=O) groups is 1. The van der Waals surface area contributed by atoms with Crippen LogP contribution >= 0.6 is 15.9 Å². The summed E-state index contributed by atoms with van der Waals surface area (Å²) in [6.07, 6.45) is 0. The first-order chi connectivity index (χ1) is 9.95. The quantitative estimate of drug-likeness (QED) is 0.896. The SMILES string of the molecule is CC(C)[C@H](C)NC(=O)Cn1nnc(-c2ccc(Br)cc2)n1. The van der Waals surface area contributed by atoms with E-state index in [0.717, 1.165) is 10.0 Å². The van der Waals surface area contributed by atoms with Crippen molar-refractivity contribution < 1.29 is 4.79 Å². The van der Waals surface area contributed by atoms with E-state index in [4.69, 9.17) is 0 Å². The maximum Gasteiger partial charge on any atom is 0.243 e. The van der Waals surface area contributed by atoms with Gasteiger partial charge in [0.25, 0.3) is 0 Å². The van der Waals surface area contributed by atoms with E-state index in [-0.39, 0.29) is 18.5 Å². The molecule has 0 radical (unpaired) electrons. The van der Waals surface area contributed by atoms with Gasteiger partial charge in [0.2, 0.25) is 11.7 Å². The molecule has 21 heavy (non-hydrogen) atoms. The van der Waals surface area contributed by atoms with Crippen molar-refractivity contribution in [1.82, 2.24) is 25.5 Å². The Labute approximate surface area is 132 Å². The molecule has 1 amide bonds. The molecular weight excluding hydrogens is 334 g/mol. The third-order valence-electron chi connectivity index (χ3n) is 3.23. The summed E-state index contributed by atoms with van der Waals surface area (Å²) < 4.78 is 0.987. The first-order valence-electron chi connectivity index (χ1n) is 6.79. The number of nitrogens with zero attached hydrogens (tertiary/aromatic N) is 4. The molecule has 112 valence electrons. The normalized spacial score (nSPS) is 12.4. The third-order valence-corrected chi connectivity index (χ3v) is 3.76. The number of tetrazole rings is 1. The monoisotopic (exact) mass is 351 g/mol. The smallest absolute Gasteiger partial charge is 0.243 e. The van der Waals surface area contributed by atoms with Crippen LogP contribution in [0.3, 0.4) is 0 Å². The number of benzene rings is 1. The molecule has 0 bridgehead atoms. The van der Waals surface area contributed by atoms with E-state index in [2.05, 4.69) is 50.5 Å². The van der Waals surface area contributed by atoms with Gasteiger partial charge in [-0.15, -0.1) is 10.2 Å². The van der Waals surface area contributed by atoms with Gasteiger partial charge in [-0.2, -0.15) is 4.80 Å². The van der Waals surface area contributed by atoms with Crippen LogP contribution in [-0.2, 0) is 11.3 Å². The Bertz CT molecular complexity index is 608. The minimum absolute atomic E-state index is 0.0700. The van der Waals surface area contributed by atoms with Gasteiger partial charge >= 0.3 is 0 Å². The molecule has 1 aromatic heterocycles. The molecule has 0 aliphatic rings. The summed E-state index contributed by atoms with van der Waals surface area (Å²) in [5.74, 6) is 0.777. The first kappa shape index (κ1) is 15.6. The molecule has 0 saturated carbocycles. The molecule has 1 N–H and O–H groups in total. The van der Waals surface area contributed by atoms with Crippen LogP contribution in [0.5, 0.6) is 0 Å². The van der Waals surface area contributed by atoms with Crippen LogP contribution in [0.1, 0.15) is 20.8 Å². The average molecular weight is 352 g/mol. The second kappa shape index (κ2) is 6.80. The van der Waals surface area contributed by atoms with Crippen molar-refractivity contribution in [3.8, 4) is 11.4 Å². The maximum absolute atomic E-state index is 11.9. The van der Waals surface area contributed by atoms with Gasteiger partial charge in [-0.1, -0.05) is 29.8 Å². The lowest BCUT2D eigenvalue weighted by atomic mass is 10.1. The molecular formula is C14H18BrN5O. The lowest BCUT2D eigenvalue weighted by Crippen LogP contribution is -2.38. The Morgan fingerprint density at radius 3 is 2.57 bits per heavy atom. The fraction of sp³-hybridized carbons (Fsp3) is 0.429. The summed E-state index contributed by atoms with van der Waals surface area (Å²) >= 11 is 3.38. The molecule has 1 heterocycles. The standard InChI is InChI=1S/C14H18BrN5O/c1-9(2)10(3)16-13(21)8-20-18-14(17-19-20)11-4-6-12(15)7-5-11/h4-7,9-10H,8H2,1-3H3,(H,16,21)/t10-/m0/s1. The molecule has 1 atom stereocenters. The lowest BCUT2D eigenvalue weighted by molar-refractivity contribution is -0.123. The van der Waals surface area contributed by atoms with Gasteiger partial charge in [0, 0.05) is 16.1 Å². The molecule has 2 rings (SSSR count). The van der Waals surface area contributed by atoms with Crippen LogP contribution < -0.4 is 5.32 Å². The van der Waals surface area contributed by atoms with E-state index in [1.54, 1.807) is 0 Å². The minimum atomic E-state index is -0.115. The molecule has 0 unspecified atom stereocenters. The van der Waals surface area contributed by atoms with E-state index in [0.29, 0.717) is 11.7 Å². The predicted octanol–water partition coefficient (Wildman–Crippen LogP) is 2.26. The van der Waals surface area contributed by atoms with Crippen LogP contribution in [0.2, 0.25) is 0 Å². The zero-order valence-electron chi connectivity index (χ0n) is 12.2. The highest BCUT2D eigenvalue weighted by molar-refractivity contribution is 9.10. The molecule has 0 fully saturated rings. The summed E-state index contributed by atoms with van der Waals surface area (Å²) in [6, 6.07) is 7.73. The highest BCUT2D eigenvalue weighted by atomic mass is 79.9. The van der Waals surface area contributed by atoms with Gasteiger partial charge in [0.1, 0.15) is 6.54 Å². The third kappa shape index (κ3) is 4.35. The molecule has 0 aliphatic heterocycles. The van der Waals surface area contributed by atoms with Gasteiger partial charge in [-0.05, 0) is 42.3 Å². The summed E-state index contributed by atoms with van der Waals surface area (Å²) in [7, 11) is 0. The van der Waals surface area contributed by atoms with Crippen molar-refractivity contribution in [2.45, 2.75) is 33.4 Å². The summed E-state index contributed by atoms with van der Waals surface area (Å²) in [5, 5.41) is 15.0. The molecule has 0 aliphatic carbocycles. The first-order valence-corrected chi connectivity index (χ1v) is 7.58. The maximum atomic E-state index is 11.9. The largest absolute Gasteiger partial charge is 0.352 e. The number of hydrogen-bond donors (Lipinski definition) is 1. The van der Waals surface area contributed by atoms with Gasteiger partial charge in [-0.25, -0.2) is 0 Å². The Kier molecular flexibility index (Phi) is 5.06. The Balaban J connectivity index is 2.00. The summed E-state index contributed by atoms with van der Waals surface area (Å²) in [6.45, 7) is 6.17. The van der Waals surface area contributed by atoms with Crippen molar-refractivity contribution in [1.29, 1.82) is 0 Å². The fourth-order valence-corrected chi connectivity index (χ4v) is 1.88. The minimum Gasteiger partial charge on any atom is -0.352 e.